The molecule has 0 radical (unpaired) electrons. The highest BCUT2D eigenvalue weighted by atomic mass is 35.5. The van der Waals surface area contributed by atoms with Crippen LogP contribution in [0.3, 0.4) is 0 Å². The summed E-state index contributed by atoms with van der Waals surface area (Å²) in [5, 5.41) is 0.145. The molecule has 0 aliphatic heterocycles. The molecule has 0 atom stereocenters. The Bertz CT molecular complexity index is 896. The lowest BCUT2D eigenvalue weighted by molar-refractivity contribution is 0.354. The summed E-state index contributed by atoms with van der Waals surface area (Å²) in [5.41, 5.74) is 1.16. The Labute approximate surface area is 152 Å². The van der Waals surface area contributed by atoms with Gasteiger partial charge in [-0.2, -0.15) is 0 Å². The quantitative estimate of drug-likeness (QED) is 0.718. The standard InChI is InChI=1S/C17H19ClN2O4S/c1-20(2)25(21,22)16-10-13(8-9-14(16)18)19-11-12-6-5-7-15(23-3)17(12)24-4/h5-11H,1-4H3. The smallest absolute Gasteiger partial charge is 0.244 e. The van der Waals surface area contributed by atoms with Crippen molar-refractivity contribution < 1.29 is 17.9 Å². The van der Waals surface area contributed by atoms with Crippen molar-refractivity contribution in [2.24, 2.45) is 4.99 Å². The van der Waals surface area contributed by atoms with Gasteiger partial charge in [0.2, 0.25) is 10.0 Å². The van der Waals surface area contributed by atoms with E-state index < -0.39 is 10.0 Å². The average molecular weight is 383 g/mol. The van der Waals surface area contributed by atoms with Crippen LogP contribution < -0.4 is 9.47 Å². The first kappa shape index (κ1) is 19.2. The second-order valence-electron chi connectivity index (χ2n) is 5.24. The van der Waals surface area contributed by atoms with Crippen LogP contribution in [0.2, 0.25) is 5.02 Å². The van der Waals surface area contributed by atoms with Gasteiger partial charge in [-0.3, -0.25) is 4.99 Å². The van der Waals surface area contributed by atoms with Crippen molar-refractivity contribution in [1.82, 2.24) is 4.31 Å². The molecule has 0 saturated carbocycles. The number of para-hydroxylation sites is 1. The molecular weight excluding hydrogens is 364 g/mol. The normalized spacial score (nSPS) is 11.9. The van der Waals surface area contributed by atoms with Gasteiger partial charge in [0.05, 0.1) is 24.9 Å². The monoisotopic (exact) mass is 382 g/mol. The molecule has 2 aromatic rings. The van der Waals surface area contributed by atoms with Crippen LogP contribution in [0.25, 0.3) is 0 Å². The van der Waals surface area contributed by atoms with E-state index in [1.54, 1.807) is 32.6 Å². The summed E-state index contributed by atoms with van der Waals surface area (Å²) in [7, 11) is 2.33. The molecule has 0 bridgehead atoms. The van der Waals surface area contributed by atoms with E-state index in [2.05, 4.69) is 4.99 Å². The third-order valence-corrected chi connectivity index (χ3v) is 5.76. The van der Waals surface area contributed by atoms with Crippen molar-refractivity contribution in [3.63, 3.8) is 0 Å². The van der Waals surface area contributed by atoms with E-state index in [1.165, 1.54) is 26.2 Å². The zero-order valence-corrected chi connectivity index (χ0v) is 15.9. The van der Waals surface area contributed by atoms with E-state index in [4.69, 9.17) is 21.1 Å². The molecule has 0 saturated heterocycles. The molecule has 134 valence electrons. The molecule has 2 aromatic carbocycles. The van der Waals surface area contributed by atoms with Crippen LogP contribution in [-0.4, -0.2) is 47.3 Å². The van der Waals surface area contributed by atoms with Crippen LogP contribution >= 0.6 is 11.6 Å². The SMILES string of the molecule is COc1cccc(C=Nc2ccc(Cl)c(S(=O)(=O)N(C)C)c2)c1OC. The number of sulfonamides is 1. The summed E-state index contributed by atoms with van der Waals surface area (Å²) in [6.07, 6.45) is 1.58. The number of ether oxygens (including phenoxy) is 2. The molecule has 6 nitrogen and oxygen atoms in total. The molecule has 0 aliphatic carbocycles. The zero-order valence-electron chi connectivity index (χ0n) is 14.4. The Morgan fingerprint density at radius 2 is 1.84 bits per heavy atom. The predicted molar refractivity (Wildman–Crippen MR) is 99.1 cm³/mol. The Hall–Kier alpha value is -2.09. The number of rotatable bonds is 6. The molecule has 0 aliphatic rings. The van der Waals surface area contributed by atoms with Crippen molar-refractivity contribution in [2.45, 2.75) is 4.90 Å². The molecule has 0 aromatic heterocycles. The van der Waals surface area contributed by atoms with Crippen LogP contribution in [0, 0.1) is 0 Å². The lowest BCUT2D eigenvalue weighted by atomic mass is 10.2. The first-order chi connectivity index (χ1) is 11.8. The van der Waals surface area contributed by atoms with Crippen molar-refractivity contribution >= 4 is 33.5 Å². The number of benzene rings is 2. The molecule has 2 rings (SSSR count). The van der Waals surface area contributed by atoms with Crippen molar-refractivity contribution in [1.29, 1.82) is 0 Å². The molecule has 0 heterocycles. The molecule has 8 heteroatoms. The minimum atomic E-state index is -3.65. The number of methoxy groups -OCH3 is 2. The number of aliphatic imine (C=N–C) groups is 1. The summed E-state index contributed by atoms with van der Waals surface area (Å²) in [6, 6.07) is 9.99. The molecule has 0 N–H and O–H groups in total. The van der Waals surface area contributed by atoms with Gasteiger partial charge in [0.15, 0.2) is 11.5 Å². The van der Waals surface area contributed by atoms with Gasteiger partial charge in [0.25, 0.3) is 0 Å². The van der Waals surface area contributed by atoms with Gasteiger partial charge in [-0.1, -0.05) is 17.7 Å². The van der Waals surface area contributed by atoms with Gasteiger partial charge in [0, 0.05) is 25.9 Å². The van der Waals surface area contributed by atoms with Gasteiger partial charge < -0.3 is 9.47 Å². The van der Waals surface area contributed by atoms with E-state index in [0.717, 1.165) is 4.31 Å². The number of hydrogen-bond acceptors (Lipinski definition) is 5. The van der Waals surface area contributed by atoms with E-state index >= 15 is 0 Å². The van der Waals surface area contributed by atoms with Crippen LogP contribution in [0.15, 0.2) is 46.3 Å². The Kier molecular flexibility index (Phi) is 6.05. The second kappa shape index (κ2) is 7.86. The number of hydrogen-bond donors (Lipinski definition) is 0. The van der Waals surface area contributed by atoms with Crippen molar-refractivity contribution in [2.75, 3.05) is 28.3 Å². The Balaban J connectivity index is 2.44. The van der Waals surface area contributed by atoms with Crippen LogP contribution in [0.5, 0.6) is 11.5 Å². The maximum atomic E-state index is 12.3. The highest BCUT2D eigenvalue weighted by Crippen LogP contribution is 2.31. The van der Waals surface area contributed by atoms with E-state index in [-0.39, 0.29) is 9.92 Å². The number of halogens is 1. The van der Waals surface area contributed by atoms with E-state index in [1.807, 2.05) is 12.1 Å². The van der Waals surface area contributed by atoms with Gasteiger partial charge >= 0.3 is 0 Å². The maximum absolute atomic E-state index is 12.3. The van der Waals surface area contributed by atoms with Crippen molar-refractivity contribution in [3.8, 4) is 11.5 Å². The second-order valence-corrected chi connectivity index (χ2v) is 7.77. The van der Waals surface area contributed by atoms with Gasteiger partial charge in [-0.25, -0.2) is 12.7 Å². The minimum absolute atomic E-state index is 0.00595. The summed E-state index contributed by atoms with van der Waals surface area (Å²) in [5.74, 6) is 1.13. The summed E-state index contributed by atoms with van der Waals surface area (Å²) in [4.78, 5) is 4.34. The van der Waals surface area contributed by atoms with Gasteiger partial charge in [-0.05, 0) is 30.3 Å². The summed E-state index contributed by atoms with van der Waals surface area (Å²) in [6.45, 7) is 0. The molecule has 25 heavy (non-hydrogen) atoms. The highest BCUT2D eigenvalue weighted by Gasteiger charge is 2.21. The third kappa shape index (κ3) is 4.12. The fourth-order valence-electron chi connectivity index (χ4n) is 2.12. The van der Waals surface area contributed by atoms with Gasteiger partial charge in [-0.15, -0.1) is 0 Å². The maximum Gasteiger partial charge on any atom is 0.244 e. The first-order valence-corrected chi connectivity index (χ1v) is 9.10. The van der Waals surface area contributed by atoms with Gasteiger partial charge in [0.1, 0.15) is 4.90 Å². The lowest BCUT2D eigenvalue weighted by Gasteiger charge is -2.13. The average Bonchev–Trinajstić information content (AvgIpc) is 2.60. The molecule has 0 unspecified atom stereocenters. The Morgan fingerprint density at radius 1 is 1.12 bits per heavy atom. The lowest BCUT2D eigenvalue weighted by Crippen LogP contribution is -2.22. The predicted octanol–water partition coefficient (Wildman–Crippen LogP) is 3.36. The fraction of sp³-hybridized carbons (Fsp3) is 0.235. The molecule has 0 amide bonds. The topological polar surface area (TPSA) is 68.2 Å². The summed E-state index contributed by atoms with van der Waals surface area (Å²) >= 11 is 6.03. The number of nitrogens with zero attached hydrogens (tertiary/aromatic N) is 2. The summed E-state index contributed by atoms with van der Waals surface area (Å²) < 4.78 is 36.3. The first-order valence-electron chi connectivity index (χ1n) is 7.28. The Morgan fingerprint density at radius 3 is 2.44 bits per heavy atom. The van der Waals surface area contributed by atoms with Crippen molar-refractivity contribution in [3.05, 3.63) is 47.0 Å². The zero-order chi connectivity index (χ0) is 18.6. The van der Waals surface area contributed by atoms with Crippen LogP contribution in [-0.2, 0) is 10.0 Å². The van der Waals surface area contributed by atoms with E-state index in [0.29, 0.717) is 22.7 Å². The fourth-order valence-corrected chi connectivity index (χ4v) is 3.51. The molecule has 0 fully saturated rings. The third-order valence-electron chi connectivity index (χ3n) is 3.46. The van der Waals surface area contributed by atoms with Crippen LogP contribution in [0.1, 0.15) is 5.56 Å². The molecule has 0 spiro atoms. The highest BCUT2D eigenvalue weighted by molar-refractivity contribution is 7.89. The minimum Gasteiger partial charge on any atom is -0.493 e. The van der Waals surface area contributed by atoms with E-state index in [9.17, 15) is 8.42 Å². The molecular formula is C17H19ClN2O4S. The largest absolute Gasteiger partial charge is 0.493 e. The van der Waals surface area contributed by atoms with Crippen LogP contribution in [0.4, 0.5) is 5.69 Å².